The second kappa shape index (κ2) is 11.3. The van der Waals surface area contributed by atoms with Crippen LogP contribution in [0.2, 0.25) is 0 Å². The van der Waals surface area contributed by atoms with Crippen LogP contribution in [-0.4, -0.2) is 55.5 Å². The predicted octanol–water partition coefficient (Wildman–Crippen LogP) is 1.60. The molecule has 1 aliphatic carbocycles. The number of hydrogen-bond donors (Lipinski definition) is 3. The maximum absolute atomic E-state index is 11.5. The van der Waals surface area contributed by atoms with E-state index in [0.717, 1.165) is 25.5 Å². The monoisotopic (exact) mass is 449 g/mol. The summed E-state index contributed by atoms with van der Waals surface area (Å²) in [5.74, 6) is 0.555. The Hall–Kier alpha value is -1.32. The molecule has 8 heteroatoms. The van der Waals surface area contributed by atoms with Crippen molar-refractivity contribution in [2.75, 3.05) is 32.7 Å². The lowest BCUT2D eigenvalue weighted by Crippen LogP contribution is -2.43. The van der Waals surface area contributed by atoms with Crippen molar-refractivity contribution in [3.8, 4) is 0 Å². The van der Waals surface area contributed by atoms with Crippen LogP contribution < -0.4 is 16.0 Å². The molecule has 1 heterocycles. The molecule has 0 saturated carbocycles. The first kappa shape index (κ1) is 20.7. The maximum Gasteiger partial charge on any atom is 0.324 e. The number of aliphatic imine (C=N–C) groups is 1. The molecule has 0 aromatic heterocycles. The van der Waals surface area contributed by atoms with Gasteiger partial charge in [0.2, 0.25) is 5.91 Å². The zero-order chi connectivity index (χ0) is 16.5. The molecule has 24 heavy (non-hydrogen) atoms. The van der Waals surface area contributed by atoms with Crippen LogP contribution in [0.4, 0.5) is 4.79 Å². The first-order chi connectivity index (χ1) is 11.2. The van der Waals surface area contributed by atoms with Crippen LogP contribution in [0.3, 0.4) is 0 Å². The van der Waals surface area contributed by atoms with E-state index in [4.69, 9.17) is 0 Å². The molecule has 1 aliphatic heterocycles. The van der Waals surface area contributed by atoms with Gasteiger partial charge in [0.25, 0.3) is 0 Å². The average Bonchev–Trinajstić information content (AvgIpc) is 2.88. The van der Waals surface area contributed by atoms with Crippen molar-refractivity contribution in [1.29, 1.82) is 0 Å². The van der Waals surface area contributed by atoms with Crippen LogP contribution in [0.15, 0.2) is 16.6 Å². The van der Waals surface area contributed by atoms with Gasteiger partial charge in [-0.3, -0.25) is 14.7 Å². The molecule has 3 N–H and O–H groups in total. The van der Waals surface area contributed by atoms with E-state index in [0.29, 0.717) is 13.1 Å². The van der Waals surface area contributed by atoms with Gasteiger partial charge in [0.1, 0.15) is 0 Å². The quantitative estimate of drug-likeness (QED) is 0.181. The molecule has 0 spiro atoms. The van der Waals surface area contributed by atoms with Gasteiger partial charge in [-0.1, -0.05) is 11.6 Å². The summed E-state index contributed by atoms with van der Waals surface area (Å²) in [4.78, 5) is 28.7. The van der Waals surface area contributed by atoms with Gasteiger partial charge in [-0.05, 0) is 39.0 Å². The van der Waals surface area contributed by atoms with Crippen molar-refractivity contribution >= 4 is 41.9 Å². The van der Waals surface area contributed by atoms with Crippen molar-refractivity contribution in [2.45, 2.75) is 39.0 Å². The molecule has 0 atom stereocenters. The van der Waals surface area contributed by atoms with Gasteiger partial charge in [0, 0.05) is 26.2 Å². The van der Waals surface area contributed by atoms with Crippen molar-refractivity contribution in [2.24, 2.45) is 4.99 Å². The molecule has 3 amide bonds. The van der Waals surface area contributed by atoms with Crippen molar-refractivity contribution < 1.29 is 9.59 Å². The number of nitrogens with zero attached hydrogens (tertiary/aromatic N) is 2. The predicted molar refractivity (Wildman–Crippen MR) is 106 cm³/mol. The Morgan fingerprint density at radius 1 is 1.33 bits per heavy atom. The summed E-state index contributed by atoms with van der Waals surface area (Å²) in [6, 6.07) is -0.317. The summed E-state index contributed by atoms with van der Waals surface area (Å²) in [6.45, 7) is 4.48. The third-order valence-corrected chi connectivity index (χ3v) is 4.00. The fraction of sp³-hybridized carbons (Fsp3) is 0.688. The molecular weight excluding hydrogens is 421 g/mol. The van der Waals surface area contributed by atoms with Gasteiger partial charge in [0.15, 0.2) is 5.96 Å². The fourth-order valence-electron chi connectivity index (χ4n) is 2.75. The second-order valence-corrected chi connectivity index (χ2v) is 5.75. The first-order valence-corrected chi connectivity index (χ1v) is 8.49. The van der Waals surface area contributed by atoms with Crippen molar-refractivity contribution in [3.05, 3.63) is 11.6 Å². The van der Waals surface area contributed by atoms with Crippen LogP contribution >= 0.6 is 24.0 Å². The lowest BCUT2D eigenvalue weighted by Gasteiger charge is -2.16. The Kier molecular flexibility index (Phi) is 9.73. The van der Waals surface area contributed by atoms with Crippen LogP contribution in [0.1, 0.15) is 39.0 Å². The largest absolute Gasteiger partial charge is 0.357 e. The van der Waals surface area contributed by atoms with E-state index < -0.39 is 0 Å². The van der Waals surface area contributed by atoms with E-state index in [1.54, 1.807) is 0 Å². The number of hydrogen-bond acceptors (Lipinski definition) is 3. The normalized spacial score (nSPS) is 18.0. The SMILES string of the molecule is CCNC(=NCCC1=CCCCC1)NCCN1C(=O)CNC1=O.I. The van der Waals surface area contributed by atoms with E-state index in [1.807, 2.05) is 6.92 Å². The maximum atomic E-state index is 11.5. The Balaban J connectivity index is 0.00000288. The molecule has 2 rings (SSSR count). The minimum atomic E-state index is -0.317. The smallest absolute Gasteiger partial charge is 0.324 e. The highest BCUT2D eigenvalue weighted by molar-refractivity contribution is 14.0. The second-order valence-electron chi connectivity index (χ2n) is 5.75. The van der Waals surface area contributed by atoms with Crippen LogP contribution in [-0.2, 0) is 4.79 Å². The Morgan fingerprint density at radius 2 is 2.17 bits per heavy atom. The van der Waals surface area contributed by atoms with Gasteiger partial charge < -0.3 is 16.0 Å². The number of imide groups is 1. The molecule has 1 saturated heterocycles. The molecular formula is C16H28IN5O2. The van der Waals surface area contributed by atoms with E-state index >= 15 is 0 Å². The zero-order valence-electron chi connectivity index (χ0n) is 14.3. The molecule has 1 fully saturated rings. The average molecular weight is 449 g/mol. The third kappa shape index (κ3) is 6.66. The summed E-state index contributed by atoms with van der Waals surface area (Å²) >= 11 is 0. The Bertz CT molecular complexity index is 477. The standard InChI is InChI=1S/C16H27N5O2.HI/c1-2-17-15(18-9-8-13-6-4-3-5-7-13)19-10-11-21-14(22)12-20-16(21)23;/h6H,2-5,7-12H2,1H3,(H,20,23)(H2,17,18,19);1H. The fourth-order valence-corrected chi connectivity index (χ4v) is 2.75. The van der Waals surface area contributed by atoms with Crippen LogP contribution in [0.5, 0.6) is 0 Å². The van der Waals surface area contributed by atoms with Gasteiger partial charge in [-0.2, -0.15) is 0 Å². The number of nitrogens with one attached hydrogen (secondary N) is 3. The highest BCUT2D eigenvalue weighted by atomic mass is 127. The number of amides is 3. The zero-order valence-corrected chi connectivity index (χ0v) is 16.6. The topological polar surface area (TPSA) is 85.8 Å². The molecule has 0 aromatic rings. The molecule has 136 valence electrons. The minimum Gasteiger partial charge on any atom is -0.357 e. The first-order valence-electron chi connectivity index (χ1n) is 8.49. The van der Waals surface area contributed by atoms with Crippen LogP contribution in [0.25, 0.3) is 0 Å². The lowest BCUT2D eigenvalue weighted by atomic mass is 9.97. The minimum absolute atomic E-state index is 0. The van der Waals surface area contributed by atoms with Gasteiger partial charge >= 0.3 is 6.03 Å². The number of urea groups is 1. The molecule has 2 aliphatic rings. The summed E-state index contributed by atoms with van der Waals surface area (Å²) in [6.07, 6.45) is 8.34. The van der Waals surface area contributed by atoms with E-state index in [1.165, 1.54) is 36.2 Å². The number of guanidine groups is 1. The summed E-state index contributed by atoms with van der Waals surface area (Å²) in [5.41, 5.74) is 1.51. The van der Waals surface area contributed by atoms with E-state index in [9.17, 15) is 9.59 Å². The molecule has 0 radical (unpaired) electrons. The van der Waals surface area contributed by atoms with Crippen molar-refractivity contribution in [1.82, 2.24) is 20.9 Å². The molecule has 0 bridgehead atoms. The number of rotatable bonds is 7. The summed E-state index contributed by atoms with van der Waals surface area (Å²) in [5, 5.41) is 8.87. The summed E-state index contributed by atoms with van der Waals surface area (Å²) in [7, 11) is 0. The van der Waals surface area contributed by atoms with E-state index in [2.05, 4.69) is 27.0 Å². The molecule has 0 aromatic carbocycles. The Labute approximate surface area is 160 Å². The number of halogens is 1. The molecule has 7 nitrogen and oxygen atoms in total. The number of allylic oxidation sites excluding steroid dienone is 1. The van der Waals surface area contributed by atoms with Crippen LogP contribution in [0, 0.1) is 0 Å². The number of carbonyl (C=O) groups excluding carboxylic acids is 2. The molecule has 0 unspecified atom stereocenters. The number of carbonyl (C=O) groups is 2. The third-order valence-electron chi connectivity index (χ3n) is 4.00. The highest BCUT2D eigenvalue weighted by Crippen LogP contribution is 2.19. The van der Waals surface area contributed by atoms with Crippen molar-refractivity contribution in [3.63, 3.8) is 0 Å². The van der Waals surface area contributed by atoms with Gasteiger partial charge in [-0.25, -0.2) is 4.79 Å². The van der Waals surface area contributed by atoms with Gasteiger partial charge in [-0.15, -0.1) is 24.0 Å². The van der Waals surface area contributed by atoms with Gasteiger partial charge in [0.05, 0.1) is 6.54 Å². The Morgan fingerprint density at radius 3 is 2.79 bits per heavy atom. The van der Waals surface area contributed by atoms with E-state index in [-0.39, 0.29) is 42.5 Å². The summed E-state index contributed by atoms with van der Waals surface area (Å²) < 4.78 is 0. The lowest BCUT2D eigenvalue weighted by molar-refractivity contribution is -0.124. The highest BCUT2D eigenvalue weighted by Gasteiger charge is 2.27.